The zero-order chi connectivity index (χ0) is 27.7. The van der Waals surface area contributed by atoms with Gasteiger partial charge in [-0.2, -0.15) is 0 Å². The molecule has 202 valence electrons. The van der Waals surface area contributed by atoms with Crippen LogP contribution < -0.4 is 4.74 Å². The topological polar surface area (TPSA) is 86.2 Å². The number of carbonyl (C=O) groups excluding carboxylic acids is 2. The molecule has 1 unspecified atom stereocenters. The van der Waals surface area contributed by atoms with Gasteiger partial charge in [0, 0.05) is 32.7 Å². The lowest BCUT2D eigenvalue weighted by Crippen LogP contribution is -2.57. The third-order valence-electron chi connectivity index (χ3n) is 7.08. The molecule has 3 aliphatic heterocycles. The monoisotopic (exact) mass is 542 g/mol. The smallest absolute Gasteiger partial charge is 0.260 e. The minimum atomic E-state index is -0.706. The van der Waals surface area contributed by atoms with Crippen molar-refractivity contribution in [3.8, 4) is 5.75 Å². The highest BCUT2D eigenvalue weighted by atomic mass is 35.5. The third kappa shape index (κ3) is 5.00. The first kappa shape index (κ1) is 27.6. The second-order valence-electron chi connectivity index (χ2n) is 9.76. The van der Waals surface area contributed by atoms with Crippen LogP contribution in [0.15, 0.2) is 49.0 Å². The lowest BCUT2D eigenvalue weighted by Gasteiger charge is -2.39. The molecule has 0 bridgehead atoms. The van der Waals surface area contributed by atoms with E-state index in [4.69, 9.17) is 21.3 Å². The van der Waals surface area contributed by atoms with E-state index in [1.807, 2.05) is 20.0 Å². The van der Waals surface area contributed by atoms with Crippen LogP contribution in [0.2, 0.25) is 5.02 Å². The first-order chi connectivity index (χ1) is 18.1. The molecule has 38 heavy (non-hydrogen) atoms. The maximum atomic E-state index is 14.9. The number of hydrogen-bond acceptors (Lipinski definition) is 6. The van der Waals surface area contributed by atoms with Gasteiger partial charge in [0.05, 0.1) is 23.0 Å². The molecule has 0 aliphatic carbocycles. The number of likely N-dealkylation sites (N-methyl/N-ethyl adjacent to an activating group) is 1. The van der Waals surface area contributed by atoms with Crippen LogP contribution in [0.4, 0.5) is 4.39 Å². The summed E-state index contributed by atoms with van der Waals surface area (Å²) in [6.45, 7) is 12.7. The number of aliphatic hydroxyl groups is 1. The molecule has 4 rings (SSSR count). The normalized spacial score (nSPS) is 22.9. The fourth-order valence-electron chi connectivity index (χ4n) is 5.25. The van der Waals surface area contributed by atoms with Crippen molar-refractivity contribution in [2.24, 2.45) is 5.92 Å². The van der Waals surface area contributed by atoms with Crippen LogP contribution >= 0.6 is 11.6 Å². The van der Waals surface area contributed by atoms with Crippen LogP contribution in [0, 0.1) is 5.92 Å². The van der Waals surface area contributed by atoms with E-state index in [9.17, 15) is 19.1 Å². The summed E-state index contributed by atoms with van der Waals surface area (Å²) < 4.78 is 21.0. The third-order valence-corrected chi connectivity index (χ3v) is 7.44. The number of fused-ring (bicyclic) bond motifs is 2. The predicted octanol–water partition coefficient (Wildman–Crippen LogP) is 4.26. The fraction of sp³-hybridized carbons (Fsp3) is 0.393. The van der Waals surface area contributed by atoms with Crippen molar-refractivity contribution in [2.45, 2.75) is 19.9 Å². The highest BCUT2D eigenvalue weighted by Crippen LogP contribution is 2.44. The minimum absolute atomic E-state index is 0.00417. The minimum Gasteiger partial charge on any atom is -0.507 e. The lowest BCUT2D eigenvalue weighted by molar-refractivity contribution is -0.128. The van der Waals surface area contributed by atoms with Gasteiger partial charge in [-0.25, -0.2) is 9.37 Å². The molecule has 2 atom stereocenters. The first-order valence-corrected chi connectivity index (χ1v) is 12.8. The first-order valence-electron chi connectivity index (χ1n) is 12.4. The molecule has 1 saturated heterocycles. The van der Waals surface area contributed by atoms with Crippen molar-refractivity contribution >= 4 is 34.6 Å². The van der Waals surface area contributed by atoms with E-state index in [0.29, 0.717) is 25.3 Å². The van der Waals surface area contributed by atoms with Crippen molar-refractivity contribution < 1.29 is 23.8 Å². The Morgan fingerprint density at radius 2 is 2.05 bits per heavy atom. The standard InChI is InChI=1S/C28H32ClFN4O4/c1-6-8-20(35)22(17(4)30)26-24(29)27-23(25(31-26)19-9-10-32(5)13-16(19)3)28(37)34-12-11-33(21(36)7-2)14-18(34)15-38-27/h6-9,16,18,35H,1-2,10-15H2,3-5H3/b20-8+,22-17-/t16?,18-/m1/s1. The number of hydrogen-bond donors (Lipinski definition) is 1. The van der Waals surface area contributed by atoms with Crippen molar-refractivity contribution in [3.63, 3.8) is 0 Å². The molecule has 10 heteroatoms. The number of aromatic nitrogens is 1. The fourth-order valence-corrected chi connectivity index (χ4v) is 5.54. The molecule has 4 heterocycles. The number of rotatable bonds is 5. The van der Waals surface area contributed by atoms with Gasteiger partial charge in [0.2, 0.25) is 5.91 Å². The van der Waals surface area contributed by atoms with Crippen LogP contribution in [-0.2, 0) is 4.79 Å². The molecule has 0 saturated carbocycles. The molecule has 1 aromatic rings. The highest BCUT2D eigenvalue weighted by Gasteiger charge is 2.41. The number of nitrogens with zero attached hydrogens (tertiary/aromatic N) is 4. The quantitative estimate of drug-likeness (QED) is 0.340. The van der Waals surface area contributed by atoms with Crippen LogP contribution in [0.25, 0.3) is 11.1 Å². The number of piperazine rings is 1. The van der Waals surface area contributed by atoms with Crippen molar-refractivity contribution in [2.75, 3.05) is 46.4 Å². The average molecular weight is 543 g/mol. The summed E-state index contributed by atoms with van der Waals surface area (Å²) in [6, 6.07) is -0.421. The van der Waals surface area contributed by atoms with Crippen LogP contribution in [0.3, 0.4) is 0 Å². The predicted molar refractivity (Wildman–Crippen MR) is 146 cm³/mol. The van der Waals surface area contributed by atoms with Gasteiger partial charge in [0.1, 0.15) is 28.8 Å². The van der Waals surface area contributed by atoms with Gasteiger partial charge < -0.3 is 24.5 Å². The van der Waals surface area contributed by atoms with E-state index >= 15 is 0 Å². The highest BCUT2D eigenvalue weighted by molar-refractivity contribution is 6.34. The van der Waals surface area contributed by atoms with Crippen molar-refractivity contribution in [3.05, 3.63) is 71.0 Å². The SMILES string of the molecule is C=C/C=C(O)\C(=C(/C)F)c1nc(C2=CCN(C)CC2C)c2c(c1Cl)OC[C@H]1CN(C(=O)C=C)CCN1C2=O. The van der Waals surface area contributed by atoms with Gasteiger partial charge >= 0.3 is 0 Å². The Balaban J connectivity index is 1.93. The maximum absolute atomic E-state index is 14.9. The van der Waals surface area contributed by atoms with Gasteiger partial charge in [-0.05, 0) is 37.6 Å². The Bertz CT molecular complexity index is 1280. The second kappa shape index (κ2) is 11.1. The van der Waals surface area contributed by atoms with Crippen molar-refractivity contribution in [1.29, 1.82) is 0 Å². The molecule has 2 amide bonds. The number of amides is 2. The Labute approximate surface area is 227 Å². The van der Waals surface area contributed by atoms with E-state index in [2.05, 4.69) is 18.1 Å². The summed E-state index contributed by atoms with van der Waals surface area (Å²) in [4.78, 5) is 36.5. The summed E-state index contributed by atoms with van der Waals surface area (Å²) in [6.07, 6.45) is 5.82. The van der Waals surface area contributed by atoms with E-state index in [-0.39, 0.29) is 58.5 Å². The number of allylic oxidation sites excluding steroid dienone is 4. The maximum Gasteiger partial charge on any atom is 0.260 e. The lowest BCUT2D eigenvalue weighted by atomic mass is 9.90. The number of halogens is 2. The second-order valence-corrected chi connectivity index (χ2v) is 10.1. The molecule has 0 spiro atoms. The van der Waals surface area contributed by atoms with Gasteiger partial charge in [0.15, 0.2) is 5.75 Å². The molecular formula is C28H32ClFN4O4. The molecule has 1 N–H and O–H groups in total. The number of ether oxygens (including phenoxy) is 1. The van der Waals surface area contributed by atoms with Gasteiger partial charge in [0.25, 0.3) is 5.91 Å². The van der Waals surface area contributed by atoms with Gasteiger partial charge in [-0.3, -0.25) is 9.59 Å². The number of pyridine rings is 1. The van der Waals surface area contributed by atoms with Crippen LogP contribution in [0.1, 0.15) is 35.6 Å². The summed E-state index contributed by atoms with van der Waals surface area (Å²) in [5.41, 5.74) is 1.13. The number of carbonyl (C=O) groups is 2. The molecule has 1 fully saturated rings. The van der Waals surface area contributed by atoms with Gasteiger partial charge in [-0.1, -0.05) is 43.8 Å². The summed E-state index contributed by atoms with van der Waals surface area (Å²) in [5.74, 6) is -1.55. The van der Waals surface area contributed by atoms with Crippen molar-refractivity contribution in [1.82, 2.24) is 19.7 Å². The van der Waals surface area contributed by atoms with E-state index < -0.39 is 17.6 Å². The molecule has 8 nitrogen and oxygen atoms in total. The molecule has 0 aromatic carbocycles. The van der Waals surface area contributed by atoms with Crippen LogP contribution in [-0.4, -0.2) is 89.0 Å². The van der Waals surface area contributed by atoms with Crippen LogP contribution in [0.5, 0.6) is 5.75 Å². The summed E-state index contributed by atoms with van der Waals surface area (Å²) in [5, 5.41) is 10.6. The largest absolute Gasteiger partial charge is 0.507 e. The summed E-state index contributed by atoms with van der Waals surface area (Å²) in [7, 11) is 2.00. The van der Waals surface area contributed by atoms with Gasteiger partial charge in [-0.15, -0.1) is 0 Å². The molecule has 1 aromatic heterocycles. The average Bonchev–Trinajstić information content (AvgIpc) is 3.02. The Morgan fingerprint density at radius 1 is 1.32 bits per heavy atom. The zero-order valence-corrected chi connectivity index (χ0v) is 22.6. The molecular weight excluding hydrogens is 511 g/mol. The van der Waals surface area contributed by atoms with E-state index in [1.165, 1.54) is 25.2 Å². The Hall–Kier alpha value is -3.43. The molecule has 0 radical (unpaired) electrons. The zero-order valence-electron chi connectivity index (χ0n) is 21.8. The summed E-state index contributed by atoms with van der Waals surface area (Å²) >= 11 is 6.79. The van der Waals surface area contributed by atoms with E-state index in [1.54, 1.807) is 9.80 Å². The Kier molecular flexibility index (Phi) is 8.08. The number of aliphatic hydroxyl groups excluding tert-OH is 1. The Morgan fingerprint density at radius 3 is 2.68 bits per heavy atom. The van der Waals surface area contributed by atoms with E-state index in [0.717, 1.165) is 12.1 Å². The molecule has 3 aliphatic rings.